The highest BCUT2D eigenvalue weighted by molar-refractivity contribution is 6.43. The Labute approximate surface area is 184 Å². The van der Waals surface area contributed by atoms with Crippen molar-refractivity contribution in [3.8, 4) is 0 Å². The minimum absolute atomic E-state index is 0.160. The van der Waals surface area contributed by atoms with Gasteiger partial charge in [0.2, 0.25) is 17.7 Å². The van der Waals surface area contributed by atoms with Gasteiger partial charge in [-0.2, -0.15) is 0 Å². The Balaban J connectivity index is 1.62. The molecule has 0 bridgehead atoms. The summed E-state index contributed by atoms with van der Waals surface area (Å²) in [6, 6.07) is -1.94. The lowest BCUT2D eigenvalue weighted by atomic mass is 9.77. The molecule has 3 rings (SSSR count). The Bertz CT molecular complexity index is 658. The molecule has 10 heteroatoms. The van der Waals surface area contributed by atoms with Crippen LogP contribution in [0.3, 0.4) is 0 Å². The van der Waals surface area contributed by atoms with Gasteiger partial charge in [0.1, 0.15) is 12.1 Å². The quantitative estimate of drug-likeness (QED) is 0.408. The Morgan fingerprint density at radius 2 is 1.61 bits per heavy atom. The van der Waals surface area contributed by atoms with Crippen LogP contribution in [0.5, 0.6) is 0 Å². The second kappa shape index (κ2) is 10.8. The third-order valence-electron chi connectivity index (χ3n) is 7.23. The molecule has 0 aromatic carbocycles. The summed E-state index contributed by atoms with van der Waals surface area (Å²) in [5.74, 6) is -1.26. The van der Waals surface area contributed by atoms with Gasteiger partial charge in [-0.3, -0.25) is 14.4 Å². The number of nitrogens with one attached hydrogen (secondary N) is 1. The van der Waals surface area contributed by atoms with Crippen molar-refractivity contribution in [3.05, 3.63) is 0 Å². The van der Waals surface area contributed by atoms with Crippen LogP contribution < -0.4 is 11.1 Å². The zero-order valence-corrected chi connectivity index (χ0v) is 18.5. The standard InChI is InChI=1S/C21H37BN4O5/c1-2-15(20(28)26-13-7-11-17(26)22(30)31)24-19(27)16-10-6-12-25(16)21(29)18(23)14-8-4-3-5-9-14/h14-18,30-31H,2-13,23H2,1H3,(H,24,27)/t15?,16-,17-,18?/m0/s1. The largest absolute Gasteiger partial charge is 0.475 e. The highest BCUT2D eigenvalue weighted by Crippen LogP contribution is 2.28. The third-order valence-corrected chi connectivity index (χ3v) is 7.23. The van der Waals surface area contributed by atoms with Gasteiger partial charge in [-0.05, 0) is 50.9 Å². The van der Waals surface area contributed by atoms with Crippen molar-refractivity contribution in [2.75, 3.05) is 13.1 Å². The molecule has 4 atom stereocenters. The average Bonchev–Trinajstić information content (AvgIpc) is 3.46. The lowest BCUT2D eigenvalue weighted by Crippen LogP contribution is -2.57. The molecule has 0 radical (unpaired) electrons. The molecule has 0 aromatic heterocycles. The van der Waals surface area contributed by atoms with E-state index in [-0.39, 0.29) is 23.6 Å². The van der Waals surface area contributed by atoms with E-state index in [0.717, 1.165) is 32.1 Å². The third kappa shape index (κ3) is 5.41. The van der Waals surface area contributed by atoms with Crippen LogP contribution in [-0.2, 0) is 14.4 Å². The molecule has 31 heavy (non-hydrogen) atoms. The van der Waals surface area contributed by atoms with Crippen molar-refractivity contribution in [3.63, 3.8) is 0 Å². The molecule has 0 aromatic rings. The summed E-state index contributed by atoms with van der Waals surface area (Å²) in [7, 11) is -1.59. The van der Waals surface area contributed by atoms with E-state index in [1.54, 1.807) is 11.8 Å². The van der Waals surface area contributed by atoms with Gasteiger partial charge in [-0.25, -0.2) is 0 Å². The number of hydrogen-bond acceptors (Lipinski definition) is 6. The number of carbonyl (C=O) groups excluding carboxylic acids is 3. The molecular weight excluding hydrogens is 399 g/mol. The van der Waals surface area contributed by atoms with Gasteiger partial charge in [-0.15, -0.1) is 0 Å². The molecule has 3 aliphatic rings. The highest BCUT2D eigenvalue weighted by Gasteiger charge is 2.42. The molecule has 174 valence electrons. The van der Waals surface area contributed by atoms with Gasteiger partial charge >= 0.3 is 7.12 Å². The zero-order valence-electron chi connectivity index (χ0n) is 18.5. The summed E-state index contributed by atoms with van der Waals surface area (Å²) in [6.07, 6.45) is 8.18. The smallest absolute Gasteiger partial charge is 0.426 e. The molecule has 3 fully saturated rings. The van der Waals surface area contributed by atoms with E-state index in [1.807, 2.05) is 0 Å². The van der Waals surface area contributed by atoms with E-state index in [0.29, 0.717) is 38.8 Å². The van der Waals surface area contributed by atoms with Crippen LogP contribution in [-0.4, -0.2) is 81.8 Å². The number of likely N-dealkylation sites (tertiary alicyclic amines) is 2. The van der Waals surface area contributed by atoms with Crippen LogP contribution in [0.4, 0.5) is 0 Å². The van der Waals surface area contributed by atoms with E-state index >= 15 is 0 Å². The first kappa shape index (κ1) is 24.0. The Morgan fingerprint density at radius 3 is 2.26 bits per heavy atom. The minimum Gasteiger partial charge on any atom is -0.426 e. The van der Waals surface area contributed by atoms with Crippen molar-refractivity contribution in [1.82, 2.24) is 15.1 Å². The van der Waals surface area contributed by atoms with E-state index in [9.17, 15) is 24.4 Å². The van der Waals surface area contributed by atoms with Crippen LogP contribution in [0.25, 0.3) is 0 Å². The van der Waals surface area contributed by atoms with Crippen LogP contribution >= 0.6 is 0 Å². The predicted molar refractivity (Wildman–Crippen MR) is 116 cm³/mol. The molecule has 9 nitrogen and oxygen atoms in total. The van der Waals surface area contributed by atoms with Gasteiger partial charge in [0.25, 0.3) is 0 Å². The number of nitrogens with two attached hydrogens (primary N) is 1. The summed E-state index contributed by atoms with van der Waals surface area (Å²) in [5, 5.41) is 21.9. The number of hydrogen-bond donors (Lipinski definition) is 4. The Hall–Kier alpha value is -1.65. The molecule has 2 saturated heterocycles. The summed E-state index contributed by atoms with van der Waals surface area (Å²) in [6.45, 7) is 2.75. The maximum atomic E-state index is 13.1. The number of carbonyl (C=O) groups is 3. The molecule has 1 aliphatic carbocycles. The fourth-order valence-corrected chi connectivity index (χ4v) is 5.37. The Morgan fingerprint density at radius 1 is 0.968 bits per heavy atom. The van der Waals surface area contributed by atoms with Crippen LogP contribution in [0.15, 0.2) is 0 Å². The second-order valence-corrected chi connectivity index (χ2v) is 9.24. The van der Waals surface area contributed by atoms with Crippen molar-refractivity contribution in [2.45, 2.75) is 95.2 Å². The molecule has 5 N–H and O–H groups in total. The first-order valence-electron chi connectivity index (χ1n) is 11.9. The molecular formula is C21H37BN4O5. The second-order valence-electron chi connectivity index (χ2n) is 9.24. The molecule has 1 saturated carbocycles. The molecule has 2 unspecified atom stereocenters. The molecule has 2 aliphatic heterocycles. The van der Waals surface area contributed by atoms with Crippen LogP contribution in [0.1, 0.15) is 71.1 Å². The summed E-state index contributed by atoms with van der Waals surface area (Å²) in [4.78, 5) is 42.1. The first-order valence-corrected chi connectivity index (χ1v) is 11.9. The maximum Gasteiger partial charge on any atom is 0.475 e. The normalized spacial score (nSPS) is 26.6. The van der Waals surface area contributed by atoms with Crippen molar-refractivity contribution in [1.29, 1.82) is 0 Å². The van der Waals surface area contributed by atoms with Gasteiger partial charge < -0.3 is 30.9 Å². The van der Waals surface area contributed by atoms with Gasteiger partial charge in [0.15, 0.2) is 0 Å². The molecule has 3 amide bonds. The van der Waals surface area contributed by atoms with Crippen LogP contribution in [0.2, 0.25) is 0 Å². The SMILES string of the molecule is CCC(NC(=O)[C@@H]1CCCN1C(=O)C(N)C1CCCCC1)C(=O)N1CCC[C@H]1B(O)O. The number of amides is 3. The number of rotatable bonds is 7. The molecule has 0 spiro atoms. The van der Waals surface area contributed by atoms with Crippen molar-refractivity contribution >= 4 is 24.8 Å². The lowest BCUT2D eigenvalue weighted by Gasteiger charge is -2.33. The van der Waals surface area contributed by atoms with Crippen LogP contribution in [0, 0.1) is 5.92 Å². The van der Waals surface area contributed by atoms with Crippen molar-refractivity contribution < 1.29 is 24.4 Å². The topological polar surface area (TPSA) is 136 Å². The predicted octanol–water partition coefficient (Wildman–Crippen LogP) is -0.217. The monoisotopic (exact) mass is 436 g/mol. The van der Waals surface area contributed by atoms with Gasteiger partial charge in [0.05, 0.1) is 12.0 Å². The van der Waals surface area contributed by atoms with E-state index in [1.165, 1.54) is 11.3 Å². The van der Waals surface area contributed by atoms with E-state index in [2.05, 4.69) is 5.32 Å². The first-order chi connectivity index (χ1) is 14.8. The zero-order chi connectivity index (χ0) is 22.5. The minimum atomic E-state index is -1.59. The van der Waals surface area contributed by atoms with E-state index < -0.39 is 31.2 Å². The Kier molecular flexibility index (Phi) is 8.35. The lowest BCUT2D eigenvalue weighted by molar-refractivity contribution is -0.142. The summed E-state index contributed by atoms with van der Waals surface area (Å²) < 4.78 is 0. The van der Waals surface area contributed by atoms with Gasteiger partial charge in [-0.1, -0.05) is 26.2 Å². The fourth-order valence-electron chi connectivity index (χ4n) is 5.37. The number of nitrogens with zero attached hydrogens (tertiary/aromatic N) is 2. The summed E-state index contributed by atoms with van der Waals surface area (Å²) in [5.41, 5.74) is 6.31. The average molecular weight is 436 g/mol. The highest BCUT2D eigenvalue weighted by atomic mass is 16.4. The fraction of sp³-hybridized carbons (Fsp3) is 0.857. The summed E-state index contributed by atoms with van der Waals surface area (Å²) >= 11 is 0. The molecule has 2 heterocycles. The van der Waals surface area contributed by atoms with E-state index in [4.69, 9.17) is 5.73 Å². The van der Waals surface area contributed by atoms with Crippen molar-refractivity contribution in [2.24, 2.45) is 11.7 Å². The van der Waals surface area contributed by atoms with Gasteiger partial charge in [0, 0.05) is 13.1 Å². The maximum absolute atomic E-state index is 13.1.